The Labute approximate surface area is 156 Å². The average molecular weight is 364 g/mol. The van der Waals surface area contributed by atoms with Gasteiger partial charge in [0.05, 0.1) is 11.6 Å². The van der Waals surface area contributed by atoms with Crippen molar-refractivity contribution in [3.63, 3.8) is 0 Å². The van der Waals surface area contributed by atoms with Crippen LogP contribution in [0.4, 0.5) is 0 Å². The molecule has 1 heterocycles. The molecule has 27 heavy (non-hydrogen) atoms. The molecule has 1 aliphatic heterocycles. The van der Waals surface area contributed by atoms with Crippen molar-refractivity contribution in [2.45, 2.75) is 30.8 Å². The van der Waals surface area contributed by atoms with Crippen LogP contribution in [0.25, 0.3) is 0 Å². The van der Waals surface area contributed by atoms with E-state index in [-0.39, 0.29) is 41.4 Å². The van der Waals surface area contributed by atoms with Crippen LogP contribution < -0.4 is 5.32 Å². The van der Waals surface area contributed by atoms with Crippen molar-refractivity contribution >= 4 is 17.8 Å². The molecular weight excluding hydrogens is 344 g/mol. The molecular formula is C21H20N2O4. The predicted octanol–water partition coefficient (Wildman–Crippen LogP) is 2.27. The van der Waals surface area contributed by atoms with Crippen molar-refractivity contribution in [1.82, 2.24) is 10.2 Å². The number of likely N-dealkylation sites (tertiary alicyclic amines) is 1. The lowest BCUT2D eigenvalue weighted by Gasteiger charge is -2.17. The first-order chi connectivity index (χ1) is 13.0. The van der Waals surface area contributed by atoms with Gasteiger partial charge in [0.25, 0.3) is 5.91 Å². The molecule has 1 saturated heterocycles. The minimum atomic E-state index is -1.08. The quantitative estimate of drug-likeness (QED) is 0.852. The fourth-order valence-electron chi connectivity index (χ4n) is 3.80. The highest BCUT2D eigenvalue weighted by atomic mass is 16.4. The fourth-order valence-corrected chi connectivity index (χ4v) is 3.80. The molecule has 2 aromatic carbocycles. The Morgan fingerprint density at radius 3 is 2.52 bits per heavy atom. The number of aromatic carboxylic acids is 1. The molecule has 138 valence electrons. The van der Waals surface area contributed by atoms with E-state index in [1.165, 1.54) is 17.7 Å². The fraction of sp³-hybridized carbons (Fsp3) is 0.286. The van der Waals surface area contributed by atoms with Gasteiger partial charge in [-0.15, -0.1) is 0 Å². The molecule has 0 aromatic heterocycles. The van der Waals surface area contributed by atoms with E-state index in [1.807, 2.05) is 23.1 Å². The van der Waals surface area contributed by atoms with Gasteiger partial charge in [-0.3, -0.25) is 9.59 Å². The molecule has 1 saturated carbocycles. The molecule has 6 nitrogen and oxygen atoms in total. The molecule has 2 aromatic rings. The lowest BCUT2D eigenvalue weighted by atomic mass is 10.1. The van der Waals surface area contributed by atoms with Gasteiger partial charge >= 0.3 is 5.97 Å². The van der Waals surface area contributed by atoms with Crippen LogP contribution in [0.1, 0.15) is 45.0 Å². The lowest BCUT2D eigenvalue weighted by Crippen LogP contribution is -2.37. The molecule has 6 heteroatoms. The average Bonchev–Trinajstić information content (AvgIpc) is 3.39. The summed E-state index contributed by atoms with van der Waals surface area (Å²) in [5.74, 6) is -0.999. The van der Waals surface area contributed by atoms with Crippen LogP contribution in [0.5, 0.6) is 0 Å². The van der Waals surface area contributed by atoms with Crippen LogP contribution in [-0.2, 0) is 4.79 Å². The van der Waals surface area contributed by atoms with Gasteiger partial charge in [0.2, 0.25) is 5.91 Å². The van der Waals surface area contributed by atoms with Gasteiger partial charge in [-0.1, -0.05) is 36.4 Å². The van der Waals surface area contributed by atoms with Gasteiger partial charge in [-0.25, -0.2) is 4.79 Å². The smallest absolute Gasteiger partial charge is 0.335 e. The summed E-state index contributed by atoms with van der Waals surface area (Å²) in [4.78, 5) is 37.8. The van der Waals surface area contributed by atoms with E-state index in [2.05, 4.69) is 17.4 Å². The Hall–Kier alpha value is -3.15. The van der Waals surface area contributed by atoms with Gasteiger partial charge in [-0.05, 0) is 30.2 Å². The number of carbonyl (C=O) groups excluding carboxylic acids is 2. The zero-order valence-corrected chi connectivity index (χ0v) is 14.7. The SMILES string of the molecule is O=C(O)c1cccc(C(=O)NC2CC(=O)N(C3CC3c3ccccc3)C2)c1. The van der Waals surface area contributed by atoms with E-state index < -0.39 is 5.97 Å². The molecule has 3 atom stereocenters. The maximum atomic E-state index is 12.4. The summed E-state index contributed by atoms with van der Waals surface area (Å²) < 4.78 is 0. The Balaban J connectivity index is 1.38. The maximum Gasteiger partial charge on any atom is 0.335 e. The summed E-state index contributed by atoms with van der Waals surface area (Å²) in [6, 6.07) is 16.0. The van der Waals surface area contributed by atoms with Crippen LogP contribution in [0.15, 0.2) is 54.6 Å². The molecule has 2 fully saturated rings. The number of hydrogen-bond donors (Lipinski definition) is 2. The summed E-state index contributed by atoms with van der Waals surface area (Å²) in [5.41, 5.74) is 1.60. The molecule has 1 aliphatic carbocycles. The normalized spacial score (nSPS) is 23.9. The molecule has 0 radical (unpaired) electrons. The first-order valence-electron chi connectivity index (χ1n) is 9.01. The largest absolute Gasteiger partial charge is 0.478 e. The zero-order chi connectivity index (χ0) is 19.0. The number of carboxylic acid groups (broad SMARTS) is 1. The van der Waals surface area contributed by atoms with Gasteiger partial charge in [0, 0.05) is 30.5 Å². The lowest BCUT2D eigenvalue weighted by molar-refractivity contribution is -0.128. The number of nitrogens with one attached hydrogen (secondary N) is 1. The van der Waals surface area contributed by atoms with Crippen molar-refractivity contribution in [3.8, 4) is 0 Å². The van der Waals surface area contributed by atoms with Crippen molar-refractivity contribution in [2.24, 2.45) is 0 Å². The molecule has 0 bridgehead atoms. The summed E-state index contributed by atoms with van der Waals surface area (Å²) >= 11 is 0. The van der Waals surface area contributed by atoms with Crippen LogP contribution in [0, 0.1) is 0 Å². The third-order valence-corrected chi connectivity index (χ3v) is 5.25. The Morgan fingerprint density at radius 2 is 1.78 bits per heavy atom. The van der Waals surface area contributed by atoms with Gasteiger partial charge in [0.15, 0.2) is 0 Å². The Bertz CT molecular complexity index is 896. The van der Waals surface area contributed by atoms with Crippen LogP contribution >= 0.6 is 0 Å². The standard InChI is InChI=1S/C21H20N2O4/c24-19-10-16(22-20(25)14-7-4-8-15(9-14)21(26)27)12-23(19)18-11-17(18)13-5-2-1-3-6-13/h1-9,16-18H,10-12H2,(H,22,25)(H,26,27). The van der Waals surface area contributed by atoms with E-state index in [9.17, 15) is 14.4 Å². The minimum Gasteiger partial charge on any atom is -0.478 e. The summed E-state index contributed by atoms with van der Waals surface area (Å²) in [6.45, 7) is 0.497. The summed E-state index contributed by atoms with van der Waals surface area (Å²) in [5, 5.41) is 11.9. The minimum absolute atomic E-state index is 0.0583. The van der Waals surface area contributed by atoms with Crippen molar-refractivity contribution in [2.75, 3.05) is 6.54 Å². The van der Waals surface area contributed by atoms with Crippen LogP contribution in [0.2, 0.25) is 0 Å². The molecule has 2 amide bonds. The van der Waals surface area contributed by atoms with E-state index in [0.29, 0.717) is 12.5 Å². The highest BCUT2D eigenvalue weighted by Gasteiger charge is 2.47. The molecule has 3 unspecified atom stereocenters. The first-order valence-corrected chi connectivity index (χ1v) is 9.01. The molecule has 2 N–H and O–H groups in total. The Kier molecular flexibility index (Phi) is 4.39. The number of rotatable bonds is 5. The third-order valence-electron chi connectivity index (χ3n) is 5.25. The van der Waals surface area contributed by atoms with Gasteiger partial charge < -0.3 is 15.3 Å². The van der Waals surface area contributed by atoms with Crippen LogP contribution in [-0.4, -0.2) is 46.4 Å². The summed E-state index contributed by atoms with van der Waals surface area (Å²) in [7, 11) is 0. The third kappa shape index (κ3) is 3.56. The maximum absolute atomic E-state index is 12.4. The number of carbonyl (C=O) groups is 3. The second-order valence-corrected chi connectivity index (χ2v) is 7.13. The van der Waals surface area contributed by atoms with E-state index in [4.69, 9.17) is 5.11 Å². The van der Waals surface area contributed by atoms with Crippen molar-refractivity contribution in [3.05, 3.63) is 71.3 Å². The second-order valence-electron chi connectivity index (χ2n) is 7.13. The highest BCUT2D eigenvalue weighted by Crippen LogP contribution is 2.45. The van der Waals surface area contributed by atoms with Crippen molar-refractivity contribution in [1.29, 1.82) is 0 Å². The summed E-state index contributed by atoms with van der Waals surface area (Å²) in [6.07, 6.45) is 1.24. The number of hydrogen-bond acceptors (Lipinski definition) is 3. The zero-order valence-electron chi connectivity index (χ0n) is 14.7. The first kappa shape index (κ1) is 17.3. The van der Waals surface area contributed by atoms with Crippen LogP contribution in [0.3, 0.4) is 0 Å². The number of carboxylic acids is 1. The number of amides is 2. The Morgan fingerprint density at radius 1 is 1.04 bits per heavy atom. The van der Waals surface area contributed by atoms with Gasteiger partial charge in [0.1, 0.15) is 0 Å². The number of benzene rings is 2. The number of nitrogens with zero attached hydrogens (tertiary/aromatic N) is 1. The van der Waals surface area contributed by atoms with E-state index in [1.54, 1.807) is 12.1 Å². The van der Waals surface area contributed by atoms with E-state index in [0.717, 1.165) is 6.42 Å². The second kappa shape index (κ2) is 6.87. The topological polar surface area (TPSA) is 86.7 Å². The molecule has 4 rings (SSSR count). The highest BCUT2D eigenvalue weighted by molar-refractivity contribution is 5.98. The predicted molar refractivity (Wildman–Crippen MR) is 98.6 cm³/mol. The monoisotopic (exact) mass is 364 g/mol. The van der Waals surface area contributed by atoms with Crippen molar-refractivity contribution < 1.29 is 19.5 Å². The van der Waals surface area contributed by atoms with E-state index >= 15 is 0 Å². The van der Waals surface area contributed by atoms with Gasteiger partial charge in [-0.2, -0.15) is 0 Å². The molecule has 2 aliphatic rings. The molecule has 0 spiro atoms.